The van der Waals surface area contributed by atoms with E-state index in [4.69, 9.17) is 23.2 Å². The number of hydrogen-bond acceptors (Lipinski definition) is 2. The third-order valence-corrected chi connectivity index (χ3v) is 7.32. The molecular formula is C26H32Cl2N2O2. The van der Waals surface area contributed by atoms with E-state index in [1.807, 2.05) is 49.4 Å². The van der Waals surface area contributed by atoms with Crippen molar-refractivity contribution in [2.24, 2.45) is 11.8 Å². The van der Waals surface area contributed by atoms with E-state index < -0.39 is 6.04 Å². The van der Waals surface area contributed by atoms with Gasteiger partial charge < -0.3 is 10.2 Å². The fourth-order valence-corrected chi connectivity index (χ4v) is 4.83. The van der Waals surface area contributed by atoms with Gasteiger partial charge in [-0.2, -0.15) is 0 Å². The molecule has 32 heavy (non-hydrogen) atoms. The number of nitrogens with zero attached hydrogens (tertiary/aromatic N) is 1. The van der Waals surface area contributed by atoms with Crippen LogP contribution in [0.2, 0.25) is 5.02 Å². The molecule has 2 aromatic rings. The monoisotopic (exact) mass is 474 g/mol. The average molecular weight is 475 g/mol. The molecule has 0 aliphatic heterocycles. The molecule has 4 atom stereocenters. The van der Waals surface area contributed by atoms with Gasteiger partial charge in [0, 0.05) is 17.6 Å². The summed E-state index contributed by atoms with van der Waals surface area (Å²) in [5.74, 6) is 0.238. The van der Waals surface area contributed by atoms with Crippen LogP contribution >= 0.6 is 23.2 Å². The number of hydrogen-bond donors (Lipinski definition) is 1. The van der Waals surface area contributed by atoms with E-state index in [2.05, 4.69) is 19.2 Å². The fourth-order valence-electron chi connectivity index (χ4n) is 4.48. The Labute approximate surface area is 201 Å². The lowest BCUT2D eigenvalue weighted by molar-refractivity contribution is -0.140. The molecule has 4 nitrogen and oxygen atoms in total. The first kappa shape index (κ1) is 24.6. The second kappa shape index (κ2) is 11.2. The van der Waals surface area contributed by atoms with Gasteiger partial charge in [0.25, 0.3) is 0 Å². The molecule has 6 heteroatoms. The van der Waals surface area contributed by atoms with Crippen molar-refractivity contribution in [2.45, 2.75) is 58.7 Å². The van der Waals surface area contributed by atoms with E-state index in [9.17, 15) is 9.59 Å². The van der Waals surface area contributed by atoms with Crippen molar-refractivity contribution in [2.75, 3.05) is 5.88 Å². The Kier molecular flexibility index (Phi) is 8.61. The van der Waals surface area contributed by atoms with Gasteiger partial charge >= 0.3 is 0 Å². The Bertz CT molecular complexity index is 932. The lowest BCUT2D eigenvalue weighted by atomic mass is 9.78. The van der Waals surface area contributed by atoms with Gasteiger partial charge in [0.05, 0.1) is 0 Å². The van der Waals surface area contributed by atoms with Crippen LogP contribution in [0.25, 0.3) is 0 Å². The van der Waals surface area contributed by atoms with Crippen molar-refractivity contribution in [3.63, 3.8) is 0 Å². The van der Waals surface area contributed by atoms with Crippen LogP contribution in [-0.4, -0.2) is 28.6 Å². The van der Waals surface area contributed by atoms with Crippen molar-refractivity contribution in [3.8, 4) is 0 Å². The molecule has 0 unspecified atom stereocenters. The maximum atomic E-state index is 13.7. The van der Waals surface area contributed by atoms with Crippen molar-refractivity contribution in [3.05, 3.63) is 70.2 Å². The molecule has 0 saturated heterocycles. The summed E-state index contributed by atoms with van der Waals surface area (Å²) in [6.07, 6.45) is 3.22. The van der Waals surface area contributed by atoms with E-state index in [0.717, 1.165) is 29.5 Å². The maximum absolute atomic E-state index is 13.7. The number of benzene rings is 2. The smallest absolute Gasteiger partial charge is 0.247 e. The quantitative estimate of drug-likeness (QED) is 0.507. The molecule has 1 fully saturated rings. The first-order valence-electron chi connectivity index (χ1n) is 11.3. The topological polar surface area (TPSA) is 49.4 Å². The van der Waals surface area contributed by atoms with Crippen LogP contribution in [0, 0.1) is 18.8 Å². The average Bonchev–Trinajstić information content (AvgIpc) is 2.78. The summed E-state index contributed by atoms with van der Waals surface area (Å²) in [6.45, 7) is 6.63. The summed E-state index contributed by atoms with van der Waals surface area (Å²) < 4.78 is 0. The highest BCUT2D eigenvalue weighted by Gasteiger charge is 2.35. The number of aryl methyl sites for hydroxylation is 1. The van der Waals surface area contributed by atoms with Gasteiger partial charge in [-0.05, 0) is 42.4 Å². The molecule has 3 rings (SSSR count). The van der Waals surface area contributed by atoms with E-state index >= 15 is 0 Å². The Balaban J connectivity index is 1.97. The summed E-state index contributed by atoms with van der Waals surface area (Å²) in [4.78, 5) is 28.2. The van der Waals surface area contributed by atoms with Crippen molar-refractivity contribution >= 4 is 35.0 Å². The second-order valence-electron chi connectivity index (χ2n) is 8.94. The van der Waals surface area contributed by atoms with Gasteiger partial charge in [-0.1, -0.05) is 86.3 Å². The highest BCUT2D eigenvalue weighted by molar-refractivity contribution is 6.31. The van der Waals surface area contributed by atoms with Crippen molar-refractivity contribution in [1.82, 2.24) is 10.2 Å². The lowest BCUT2D eigenvalue weighted by Gasteiger charge is -2.37. The molecular weight excluding hydrogens is 443 g/mol. The molecule has 1 N–H and O–H groups in total. The summed E-state index contributed by atoms with van der Waals surface area (Å²) in [5.41, 5.74) is 2.62. The molecule has 2 amide bonds. The molecule has 0 bridgehead atoms. The van der Waals surface area contributed by atoms with Crippen molar-refractivity contribution < 1.29 is 9.59 Å². The molecule has 172 valence electrons. The normalized spacial score (nSPS) is 21.6. The Morgan fingerprint density at radius 2 is 1.78 bits per heavy atom. The van der Waals surface area contributed by atoms with E-state index in [1.54, 1.807) is 11.0 Å². The van der Waals surface area contributed by atoms with Crippen LogP contribution in [0.4, 0.5) is 0 Å². The number of amides is 2. The van der Waals surface area contributed by atoms with Crippen LogP contribution < -0.4 is 5.32 Å². The van der Waals surface area contributed by atoms with Gasteiger partial charge in [0.2, 0.25) is 11.8 Å². The van der Waals surface area contributed by atoms with E-state index in [0.29, 0.717) is 16.9 Å². The van der Waals surface area contributed by atoms with Crippen molar-refractivity contribution in [1.29, 1.82) is 0 Å². The summed E-state index contributed by atoms with van der Waals surface area (Å²) in [7, 11) is 0. The minimum atomic E-state index is -0.789. The van der Waals surface area contributed by atoms with Crippen LogP contribution in [0.5, 0.6) is 0 Å². The molecule has 0 spiro atoms. The zero-order valence-corrected chi connectivity index (χ0v) is 20.5. The highest BCUT2D eigenvalue weighted by Crippen LogP contribution is 2.31. The fraction of sp³-hybridized carbons (Fsp3) is 0.462. The summed E-state index contributed by atoms with van der Waals surface area (Å²) in [6, 6.07) is 14.4. The number of halogens is 2. The minimum Gasteiger partial charge on any atom is -0.351 e. The first-order chi connectivity index (χ1) is 15.3. The molecule has 1 saturated carbocycles. The van der Waals surface area contributed by atoms with Crippen LogP contribution in [-0.2, 0) is 16.1 Å². The van der Waals surface area contributed by atoms with E-state index in [1.165, 1.54) is 6.42 Å². The molecule has 2 aromatic carbocycles. The van der Waals surface area contributed by atoms with Gasteiger partial charge in [0.1, 0.15) is 11.9 Å². The number of rotatable bonds is 7. The lowest BCUT2D eigenvalue weighted by Crippen LogP contribution is -2.50. The third-order valence-electron chi connectivity index (χ3n) is 6.72. The first-order valence-corrected chi connectivity index (χ1v) is 12.2. The Hall–Kier alpha value is -2.04. The van der Waals surface area contributed by atoms with Crippen LogP contribution in [0.3, 0.4) is 0 Å². The predicted molar refractivity (Wildman–Crippen MR) is 131 cm³/mol. The zero-order valence-electron chi connectivity index (χ0n) is 19.0. The molecule has 1 aliphatic rings. The standard InChI is InChI=1S/C26H32Cl2N2O2/c1-17-11-13-20(14-12-17)25(26(32)29-23-10-6-7-18(2)19(23)3)30(24(31)15-27)16-21-8-4-5-9-22(21)28/h4-5,8-9,11-14,18-19,23,25H,6-7,10,15-16H2,1-3H3,(H,29,32)/t18-,19+,23-,25-/m1/s1. The number of carbonyl (C=O) groups is 2. The highest BCUT2D eigenvalue weighted by atomic mass is 35.5. The molecule has 1 aliphatic carbocycles. The molecule has 0 radical (unpaired) electrons. The Morgan fingerprint density at radius 1 is 1.09 bits per heavy atom. The summed E-state index contributed by atoms with van der Waals surface area (Å²) in [5, 5.41) is 3.82. The molecule has 0 heterocycles. The maximum Gasteiger partial charge on any atom is 0.247 e. The molecule has 0 aromatic heterocycles. The third kappa shape index (κ3) is 5.85. The van der Waals surface area contributed by atoms with Gasteiger partial charge in [-0.15, -0.1) is 11.6 Å². The van der Waals surface area contributed by atoms with E-state index in [-0.39, 0.29) is 30.3 Å². The van der Waals surface area contributed by atoms with Gasteiger partial charge in [-0.25, -0.2) is 0 Å². The van der Waals surface area contributed by atoms with Gasteiger partial charge in [-0.3, -0.25) is 9.59 Å². The SMILES string of the molecule is Cc1ccc([C@H](C(=O)N[C@@H]2CCC[C@@H](C)[C@@H]2C)N(Cc2ccccc2Cl)C(=O)CCl)cc1. The largest absolute Gasteiger partial charge is 0.351 e. The second-order valence-corrected chi connectivity index (χ2v) is 9.62. The van der Waals surface area contributed by atoms with Crippen LogP contribution in [0.1, 0.15) is 55.8 Å². The van der Waals surface area contributed by atoms with Gasteiger partial charge in [0.15, 0.2) is 0 Å². The number of nitrogens with one attached hydrogen (secondary N) is 1. The minimum absolute atomic E-state index is 0.0902. The Morgan fingerprint density at radius 3 is 2.44 bits per heavy atom. The summed E-state index contributed by atoms with van der Waals surface area (Å²) >= 11 is 12.4. The predicted octanol–water partition coefficient (Wildman–Crippen LogP) is 5.90. The van der Waals surface area contributed by atoms with Crippen LogP contribution in [0.15, 0.2) is 48.5 Å². The zero-order chi connectivity index (χ0) is 23.3. The number of carbonyl (C=O) groups excluding carboxylic acids is 2. The number of alkyl halides is 1.